The Bertz CT molecular complexity index is 961. The van der Waals surface area contributed by atoms with Gasteiger partial charge in [-0.3, -0.25) is 4.90 Å². The minimum Gasteiger partial charge on any atom is -0.269 e. The largest absolute Gasteiger partial charge is 0.269 e. The quantitative estimate of drug-likeness (QED) is 0.516. The Kier molecular flexibility index (Phi) is 4.87. The lowest BCUT2D eigenvalue weighted by atomic mass is 10.2. The number of para-hydroxylation sites is 2. The molecule has 0 atom stereocenters. The van der Waals surface area contributed by atoms with Gasteiger partial charge in [0.05, 0.1) is 21.5 Å². The van der Waals surface area contributed by atoms with Gasteiger partial charge in [-0.2, -0.15) is 0 Å². The summed E-state index contributed by atoms with van der Waals surface area (Å²) in [5, 5.41) is 2.44. The standard InChI is InChI=1S/C21H17NO2S/c1-18-12-14-21(15-13-18)25(23,24)17-16-22(19-8-4-2-5-9-19)20-10-6-3-7-11-20/h2-15H,1H3. The molecule has 0 saturated heterocycles. The van der Waals surface area contributed by atoms with Gasteiger partial charge in [0.2, 0.25) is 9.84 Å². The zero-order chi connectivity index (χ0) is 17.7. The van der Waals surface area contributed by atoms with Crippen LogP contribution in [0.25, 0.3) is 0 Å². The number of nitrogens with zero attached hydrogens (tertiary/aromatic N) is 1. The molecule has 0 unspecified atom stereocenters. The normalized spacial score (nSPS) is 10.6. The highest BCUT2D eigenvalue weighted by molar-refractivity contribution is 7.96. The molecule has 3 nitrogen and oxygen atoms in total. The van der Waals surface area contributed by atoms with E-state index in [9.17, 15) is 8.42 Å². The summed E-state index contributed by atoms with van der Waals surface area (Å²) in [6.45, 7) is 1.91. The van der Waals surface area contributed by atoms with Crippen molar-refractivity contribution in [1.82, 2.24) is 0 Å². The summed E-state index contributed by atoms with van der Waals surface area (Å²) in [5.74, 6) is 0. The average Bonchev–Trinajstić information content (AvgIpc) is 2.64. The molecule has 0 bridgehead atoms. The monoisotopic (exact) mass is 347 g/mol. The lowest BCUT2D eigenvalue weighted by Gasteiger charge is -2.17. The second-order valence-corrected chi connectivity index (χ2v) is 7.22. The molecule has 3 aromatic carbocycles. The zero-order valence-electron chi connectivity index (χ0n) is 13.8. The molecule has 25 heavy (non-hydrogen) atoms. The van der Waals surface area contributed by atoms with Crippen LogP contribution in [-0.2, 0) is 9.84 Å². The van der Waals surface area contributed by atoms with Gasteiger partial charge in [0, 0.05) is 6.04 Å². The molecule has 3 rings (SSSR count). The molecule has 0 aliphatic carbocycles. The Morgan fingerprint density at radius 1 is 0.720 bits per heavy atom. The molecule has 0 heterocycles. The Balaban J connectivity index is 2.02. The lowest BCUT2D eigenvalue weighted by Crippen LogP contribution is -2.10. The highest BCUT2D eigenvalue weighted by atomic mass is 32.2. The number of benzene rings is 3. The summed E-state index contributed by atoms with van der Waals surface area (Å²) < 4.78 is 25.0. The van der Waals surface area contributed by atoms with Crippen LogP contribution in [0.4, 0.5) is 11.4 Å². The van der Waals surface area contributed by atoms with Crippen LogP contribution < -0.4 is 4.90 Å². The van der Waals surface area contributed by atoms with E-state index in [4.69, 9.17) is 0 Å². The van der Waals surface area contributed by atoms with E-state index in [0.717, 1.165) is 16.9 Å². The first-order chi connectivity index (χ1) is 12.1. The lowest BCUT2D eigenvalue weighted by molar-refractivity contribution is 0.606. The Labute approximate surface area is 148 Å². The number of hydrogen-bond acceptors (Lipinski definition) is 3. The number of aryl methyl sites for hydroxylation is 1. The van der Waals surface area contributed by atoms with Gasteiger partial charge in [0.1, 0.15) is 0 Å². The number of rotatable bonds is 3. The van der Waals surface area contributed by atoms with Crippen molar-refractivity contribution in [2.45, 2.75) is 11.8 Å². The van der Waals surface area contributed by atoms with Crippen molar-refractivity contribution in [1.29, 1.82) is 0 Å². The molecule has 4 heteroatoms. The maximum absolute atomic E-state index is 12.5. The third kappa shape index (κ3) is 4.09. The predicted molar refractivity (Wildman–Crippen MR) is 101 cm³/mol. The minimum absolute atomic E-state index is 0.201. The summed E-state index contributed by atoms with van der Waals surface area (Å²) in [4.78, 5) is 1.87. The summed E-state index contributed by atoms with van der Waals surface area (Å²) >= 11 is 0. The molecular formula is C21H17NO2S. The van der Waals surface area contributed by atoms with Gasteiger partial charge in [0.25, 0.3) is 0 Å². The van der Waals surface area contributed by atoms with Gasteiger partial charge in [0.15, 0.2) is 0 Å². The third-order valence-electron chi connectivity index (χ3n) is 3.65. The Morgan fingerprint density at radius 2 is 1.20 bits per heavy atom. The topological polar surface area (TPSA) is 37.4 Å². The van der Waals surface area contributed by atoms with E-state index < -0.39 is 9.84 Å². The van der Waals surface area contributed by atoms with E-state index in [2.05, 4.69) is 11.3 Å². The van der Waals surface area contributed by atoms with Gasteiger partial charge >= 0.3 is 0 Å². The maximum Gasteiger partial charge on any atom is 0.246 e. The molecule has 0 fully saturated rings. The SMILES string of the molecule is Cc1ccc(S(=O)(=O)C#CN(c2ccccc2)c2ccccc2)cc1. The van der Waals surface area contributed by atoms with Crippen LogP contribution in [0.1, 0.15) is 5.56 Å². The van der Waals surface area contributed by atoms with Crippen LogP contribution in [-0.4, -0.2) is 8.42 Å². The van der Waals surface area contributed by atoms with Gasteiger partial charge in [-0.25, -0.2) is 8.42 Å². The predicted octanol–water partition coefficient (Wildman–Crippen LogP) is 4.53. The third-order valence-corrected chi connectivity index (χ3v) is 4.90. The first kappa shape index (κ1) is 16.8. The van der Waals surface area contributed by atoms with Crippen LogP contribution in [0, 0.1) is 18.2 Å². The molecular weight excluding hydrogens is 330 g/mol. The summed E-state index contributed by atoms with van der Waals surface area (Å²) in [6.07, 6.45) is 0. The van der Waals surface area contributed by atoms with Crippen molar-refractivity contribution in [2.24, 2.45) is 0 Å². The fourth-order valence-electron chi connectivity index (χ4n) is 2.31. The van der Waals surface area contributed by atoms with Crippen LogP contribution in [0.15, 0.2) is 89.8 Å². The first-order valence-corrected chi connectivity index (χ1v) is 9.29. The van der Waals surface area contributed by atoms with Crippen LogP contribution in [0.2, 0.25) is 0 Å². The minimum atomic E-state index is -3.69. The van der Waals surface area contributed by atoms with Gasteiger partial charge in [-0.05, 0) is 43.3 Å². The molecule has 0 saturated carbocycles. The smallest absolute Gasteiger partial charge is 0.246 e. The van der Waals surface area contributed by atoms with Crippen molar-refractivity contribution in [3.8, 4) is 11.3 Å². The molecule has 0 aliphatic heterocycles. The van der Waals surface area contributed by atoms with Crippen molar-refractivity contribution < 1.29 is 8.42 Å². The molecule has 0 radical (unpaired) electrons. The Morgan fingerprint density at radius 3 is 1.68 bits per heavy atom. The number of sulfone groups is 1. The second-order valence-electron chi connectivity index (χ2n) is 5.54. The highest BCUT2D eigenvalue weighted by Crippen LogP contribution is 2.24. The fourth-order valence-corrected chi connectivity index (χ4v) is 3.14. The van der Waals surface area contributed by atoms with E-state index in [-0.39, 0.29) is 4.90 Å². The van der Waals surface area contributed by atoms with E-state index >= 15 is 0 Å². The fraction of sp³-hybridized carbons (Fsp3) is 0.0476. The van der Waals surface area contributed by atoms with Crippen LogP contribution in [0.5, 0.6) is 0 Å². The van der Waals surface area contributed by atoms with Gasteiger partial charge < -0.3 is 0 Å². The van der Waals surface area contributed by atoms with Crippen LogP contribution in [0.3, 0.4) is 0 Å². The molecule has 0 N–H and O–H groups in total. The van der Waals surface area contributed by atoms with Crippen molar-refractivity contribution in [2.75, 3.05) is 4.90 Å². The molecule has 0 aromatic heterocycles. The van der Waals surface area contributed by atoms with Crippen molar-refractivity contribution in [3.63, 3.8) is 0 Å². The maximum atomic E-state index is 12.5. The van der Waals surface area contributed by atoms with E-state index in [0.29, 0.717) is 0 Å². The summed E-state index contributed by atoms with van der Waals surface area (Å²) in [7, 11) is -3.69. The van der Waals surface area contributed by atoms with Crippen molar-refractivity contribution in [3.05, 3.63) is 90.5 Å². The average molecular weight is 347 g/mol. The van der Waals surface area contributed by atoms with E-state index in [1.165, 1.54) is 0 Å². The summed E-state index contributed by atoms with van der Waals surface area (Å²) in [6, 6.07) is 28.4. The number of anilines is 2. The van der Waals surface area contributed by atoms with Crippen molar-refractivity contribution >= 4 is 21.2 Å². The van der Waals surface area contributed by atoms with E-state index in [1.807, 2.05) is 67.6 Å². The van der Waals surface area contributed by atoms with E-state index in [1.54, 1.807) is 29.2 Å². The molecule has 0 aliphatic rings. The molecule has 3 aromatic rings. The summed E-state index contributed by atoms with van der Waals surface area (Å²) in [5.41, 5.74) is 2.61. The molecule has 0 spiro atoms. The molecule has 124 valence electrons. The second kappa shape index (κ2) is 7.25. The number of hydrogen-bond donors (Lipinski definition) is 0. The Hall–Kier alpha value is -3.03. The highest BCUT2D eigenvalue weighted by Gasteiger charge is 2.12. The van der Waals surface area contributed by atoms with Crippen LogP contribution >= 0.6 is 0 Å². The van der Waals surface area contributed by atoms with Gasteiger partial charge in [-0.1, -0.05) is 54.1 Å². The van der Waals surface area contributed by atoms with Gasteiger partial charge in [-0.15, -0.1) is 0 Å². The zero-order valence-corrected chi connectivity index (χ0v) is 14.6. The first-order valence-electron chi connectivity index (χ1n) is 7.81. The molecule has 0 amide bonds.